The molecule has 0 spiro atoms. The molecule has 7 nitrogen and oxygen atoms in total. The number of fused-ring (bicyclic) bond motifs is 1. The molecule has 3 aromatic heterocycles. The number of hydrogen-bond donors (Lipinski definition) is 2. The highest BCUT2D eigenvalue weighted by molar-refractivity contribution is 7.99. The van der Waals surface area contributed by atoms with Gasteiger partial charge in [0, 0.05) is 16.7 Å². The fourth-order valence-electron chi connectivity index (χ4n) is 2.55. The number of carbonyl (C=O) groups is 1. The molecular weight excluding hydrogens is 382 g/mol. The van der Waals surface area contributed by atoms with Crippen molar-refractivity contribution in [3.8, 4) is 6.07 Å². The van der Waals surface area contributed by atoms with Crippen molar-refractivity contribution in [2.75, 3.05) is 11.1 Å². The van der Waals surface area contributed by atoms with Crippen LogP contribution in [0.3, 0.4) is 0 Å². The zero-order valence-electron chi connectivity index (χ0n) is 13.9. The Morgan fingerprint density at radius 3 is 3.04 bits per heavy atom. The number of rotatable bonds is 6. The van der Waals surface area contributed by atoms with Crippen molar-refractivity contribution in [1.29, 1.82) is 5.26 Å². The first kappa shape index (κ1) is 17.3. The number of nitrogens with one attached hydrogen (secondary N) is 2. The highest BCUT2D eigenvalue weighted by Gasteiger charge is 2.16. The van der Waals surface area contributed by atoms with Crippen LogP contribution in [0, 0.1) is 11.3 Å². The maximum atomic E-state index is 12.3. The van der Waals surface area contributed by atoms with Gasteiger partial charge in [-0.2, -0.15) is 5.26 Å². The minimum Gasteiger partial charge on any atom is -0.443 e. The number of thioether (sulfide) groups is 1. The summed E-state index contributed by atoms with van der Waals surface area (Å²) < 4.78 is 5.45. The van der Waals surface area contributed by atoms with Gasteiger partial charge in [-0.25, -0.2) is 4.98 Å². The van der Waals surface area contributed by atoms with Gasteiger partial charge in [0.1, 0.15) is 23.2 Å². The fraction of sp³-hybridized carbons (Fsp3) is 0.111. The molecule has 0 atom stereocenters. The molecular formula is C18H13N5O2S2. The lowest BCUT2D eigenvalue weighted by atomic mass is 10.2. The maximum Gasteiger partial charge on any atom is 0.234 e. The summed E-state index contributed by atoms with van der Waals surface area (Å²) in [6.07, 6.45) is 0.684. The molecule has 0 radical (unpaired) electrons. The van der Waals surface area contributed by atoms with Gasteiger partial charge in [-0.15, -0.1) is 16.4 Å². The van der Waals surface area contributed by atoms with Crippen LogP contribution >= 0.6 is 23.1 Å². The van der Waals surface area contributed by atoms with Crippen LogP contribution in [0.5, 0.6) is 0 Å². The van der Waals surface area contributed by atoms with Gasteiger partial charge in [0.25, 0.3) is 0 Å². The highest BCUT2D eigenvalue weighted by Crippen LogP contribution is 2.30. The molecule has 2 N–H and O–H groups in total. The van der Waals surface area contributed by atoms with Crippen LogP contribution < -0.4 is 5.32 Å². The molecule has 4 rings (SSSR count). The minimum atomic E-state index is -0.257. The zero-order valence-corrected chi connectivity index (χ0v) is 15.6. The number of benzene rings is 1. The average molecular weight is 395 g/mol. The Morgan fingerprint density at radius 2 is 2.22 bits per heavy atom. The lowest BCUT2D eigenvalue weighted by Crippen LogP contribution is -2.14. The summed E-state index contributed by atoms with van der Waals surface area (Å²) in [4.78, 5) is 17.9. The van der Waals surface area contributed by atoms with Crippen LogP contribution in [0.2, 0.25) is 0 Å². The summed E-state index contributed by atoms with van der Waals surface area (Å²) in [6.45, 7) is 0. The van der Waals surface area contributed by atoms with Gasteiger partial charge in [0.2, 0.25) is 16.8 Å². The normalized spacial score (nSPS) is 10.8. The Labute approximate surface area is 162 Å². The Kier molecular flexibility index (Phi) is 4.91. The molecule has 0 aliphatic carbocycles. The number of aromatic nitrogens is 3. The Morgan fingerprint density at radius 1 is 1.33 bits per heavy atom. The van der Waals surface area contributed by atoms with Crippen LogP contribution in [-0.2, 0) is 11.2 Å². The number of nitriles is 1. The van der Waals surface area contributed by atoms with Crippen molar-refractivity contribution in [3.63, 3.8) is 0 Å². The smallest absolute Gasteiger partial charge is 0.234 e. The second-order valence-electron chi connectivity index (χ2n) is 5.57. The average Bonchev–Trinajstić information content (AvgIpc) is 3.41. The lowest BCUT2D eigenvalue weighted by molar-refractivity contribution is -0.113. The quantitative estimate of drug-likeness (QED) is 0.481. The lowest BCUT2D eigenvalue weighted by Gasteiger charge is -2.02. The molecule has 27 heavy (non-hydrogen) atoms. The van der Waals surface area contributed by atoms with Gasteiger partial charge in [-0.3, -0.25) is 9.89 Å². The second kappa shape index (κ2) is 7.65. The van der Waals surface area contributed by atoms with Crippen molar-refractivity contribution < 1.29 is 9.21 Å². The van der Waals surface area contributed by atoms with E-state index in [0.29, 0.717) is 28.2 Å². The Hall–Kier alpha value is -3.09. The summed E-state index contributed by atoms with van der Waals surface area (Å²) in [5.74, 6) is 0.715. The van der Waals surface area contributed by atoms with Gasteiger partial charge >= 0.3 is 0 Å². The van der Waals surface area contributed by atoms with E-state index in [1.165, 1.54) is 16.6 Å². The molecule has 0 saturated heterocycles. The fourth-order valence-corrected chi connectivity index (χ4v) is 3.88. The minimum absolute atomic E-state index is 0.0886. The molecule has 1 aromatic carbocycles. The molecule has 134 valence electrons. The van der Waals surface area contributed by atoms with E-state index >= 15 is 0 Å². The summed E-state index contributed by atoms with van der Waals surface area (Å²) in [6, 6.07) is 13.2. The third-order valence-electron chi connectivity index (χ3n) is 3.73. The summed E-state index contributed by atoms with van der Waals surface area (Å²) in [5.41, 5.74) is 0.955. The molecule has 9 heteroatoms. The van der Waals surface area contributed by atoms with Gasteiger partial charge in [0.05, 0.1) is 5.75 Å². The largest absolute Gasteiger partial charge is 0.443 e. The van der Waals surface area contributed by atoms with Crippen LogP contribution in [-0.4, -0.2) is 26.8 Å². The van der Waals surface area contributed by atoms with E-state index in [2.05, 4.69) is 20.5 Å². The predicted molar refractivity (Wildman–Crippen MR) is 104 cm³/mol. The van der Waals surface area contributed by atoms with Crippen molar-refractivity contribution in [2.24, 2.45) is 0 Å². The van der Waals surface area contributed by atoms with Crippen molar-refractivity contribution in [1.82, 2.24) is 15.2 Å². The van der Waals surface area contributed by atoms with Gasteiger partial charge < -0.3 is 9.73 Å². The first-order valence-electron chi connectivity index (χ1n) is 8.01. The SMILES string of the molecule is N#Cc1oc2ccccc2c1NC(=O)CSc1n[nH]c(Cc2cccs2)n1. The van der Waals surface area contributed by atoms with Gasteiger partial charge in [0.15, 0.2) is 0 Å². The molecule has 0 aliphatic rings. The van der Waals surface area contributed by atoms with Gasteiger partial charge in [-0.05, 0) is 23.6 Å². The number of hydrogen-bond acceptors (Lipinski definition) is 7. The zero-order chi connectivity index (χ0) is 18.6. The van der Waals surface area contributed by atoms with Crippen LogP contribution in [0.25, 0.3) is 11.0 Å². The number of anilines is 1. The van der Waals surface area contributed by atoms with Crippen LogP contribution in [0.15, 0.2) is 51.4 Å². The third kappa shape index (κ3) is 3.86. The molecule has 0 fully saturated rings. The molecule has 3 heterocycles. The van der Waals surface area contributed by atoms with E-state index in [9.17, 15) is 10.1 Å². The summed E-state index contributed by atoms with van der Waals surface area (Å²) >= 11 is 2.88. The molecule has 0 saturated carbocycles. The van der Waals surface area contributed by atoms with Crippen molar-refractivity contribution in [3.05, 3.63) is 58.2 Å². The number of amides is 1. The topological polar surface area (TPSA) is 108 Å². The summed E-state index contributed by atoms with van der Waals surface area (Å²) in [7, 11) is 0. The van der Waals surface area contributed by atoms with Crippen molar-refractivity contribution >= 4 is 45.7 Å². The first-order valence-corrected chi connectivity index (χ1v) is 9.87. The predicted octanol–water partition coefficient (Wildman–Crippen LogP) is 3.81. The van der Waals surface area contributed by atoms with E-state index < -0.39 is 0 Å². The molecule has 1 amide bonds. The number of furan rings is 1. The number of nitrogens with zero attached hydrogens (tertiary/aromatic N) is 3. The Bertz CT molecular complexity index is 1120. The maximum absolute atomic E-state index is 12.3. The molecule has 0 aliphatic heterocycles. The third-order valence-corrected chi connectivity index (χ3v) is 5.45. The highest BCUT2D eigenvalue weighted by atomic mass is 32.2. The summed E-state index contributed by atoms with van der Waals surface area (Å²) in [5, 5.41) is 22.2. The number of para-hydroxylation sites is 1. The van der Waals surface area contributed by atoms with E-state index in [4.69, 9.17) is 4.42 Å². The van der Waals surface area contributed by atoms with Crippen molar-refractivity contribution in [2.45, 2.75) is 11.6 Å². The van der Waals surface area contributed by atoms with Gasteiger partial charge in [-0.1, -0.05) is 30.0 Å². The van der Waals surface area contributed by atoms with E-state index in [1.807, 2.05) is 35.7 Å². The van der Waals surface area contributed by atoms with E-state index in [1.54, 1.807) is 23.5 Å². The Balaban J connectivity index is 1.39. The molecule has 4 aromatic rings. The molecule has 0 unspecified atom stereocenters. The van der Waals surface area contributed by atoms with E-state index in [-0.39, 0.29) is 17.4 Å². The van der Waals surface area contributed by atoms with E-state index in [0.717, 1.165) is 5.82 Å². The number of H-pyrrole nitrogens is 1. The van der Waals surface area contributed by atoms with Crippen LogP contribution in [0.4, 0.5) is 5.69 Å². The number of aromatic amines is 1. The monoisotopic (exact) mass is 395 g/mol. The number of thiophene rings is 1. The molecule has 0 bridgehead atoms. The second-order valence-corrected chi connectivity index (χ2v) is 7.55. The standard InChI is InChI=1S/C18H13N5O2S2/c19-9-14-17(12-5-1-2-6-13(12)25-14)21-16(24)10-27-18-20-15(22-23-18)8-11-4-3-7-26-11/h1-7H,8,10H2,(H,21,24)(H,20,22,23). The first-order chi connectivity index (χ1) is 13.2. The number of carbonyl (C=O) groups excluding carboxylic acids is 1. The van der Waals surface area contributed by atoms with Crippen LogP contribution in [0.1, 0.15) is 16.5 Å².